The fourth-order valence-electron chi connectivity index (χ4n) is 1.76. The van der Waals surface area contributed by atoms with Gasteiger partial charge in [-0.05, 0) is 25.0 Å². The third-order valence-electron chi connectivity index (χ3n) is 2.68. The molecule has 1 fully saturated rings. The lowest BCUT2D eigenvalue weighted by Gasteiger charge is -2.11. The predicted molar refractivity (Wildman–Crippen MR) is 63.4 cm³/mol. The van der Waals surface area contributed by atoms with Crippen LogP contribution in [0.15, 0.2) is 18.3 Å². The lowest BCUT2D eigenvalue weighted by atomic mass is 10.2. The van der Waals surface area contributed by atoms with E-state index in [0.29, 0.717) is 17.9 Å². The van der Waals surface area contributed by atoms with Crippen molar-refractivity contribution >= 4 is 11.7 Å². The van der Waals surface area contributed by atoms with Crippen LogP contribution in [0.2, 0.25) is 0 Å². The number of ether oxygens (including phenoxy) is 1. The molecule has 2 rings (SSSR count). The van der Waals surface area contributed by atoms with Crippen LogP contribution in [-0.4, -0.2) is 30.1 Å². The van der Waals surface area contributed by atoms with Crippen LogP contribution in [0, 0.1) is 0 Å². The number of hydrogen-bond acceptors (Lipinski definition) is 5. The molecule has 1 aromatic heterocycles. The Labute approximate surface area is 99.5 Å². The van der Waals surface area contributed by atoms with Crippen molar-refractivity contribution in [3.05, 3.63) is 23.9 Å². The summed E-state index contributed by atoms with van der Waals surface area (Å²) in [6, 6.07) is 3.25. The summed E-state index contributed by atoms with van der Waals surface area (Å²) in [5.74, 6) is 5.56. The minimum atomic E-state index is -0.139. The standard InChI is InChI=1S/C11H16N4O2/c12-15-10-6-8(3-4-13-10)11(16)14-7-9-2-1-5-17-9/h3-4,6,9H,1-2,5,7,12H2,(H,13,15)(H,14,16). The van der Waals surface area contributed by atoms with Gasteiger partial charge < -0.3 is 15.5 Å². The smallest absolute Gasteiger partial charge is 0.251 e. The molecule has 0 saturated carbocycles. The van der Waals surface area contributed by atoms with Gasteiger partial charge in [-0.1, -0.05) is 0 Å². The zero-order valence-corrected chi connectivity index (χ0v) is 9.48. The fourth-order valence-corrected chi connectivity index (χ4v) is 1.76. The van der Waals surface area contributed by atoms with Gasteiger partial charge in [0.25, 0.3) is 5.91 Å². The number of carbonyl (C=O) groups is 1. The van der Waals surface area contributed by atoms with Crippen LogP contribution < -0.4 is 16.6 Å². The largest absolute Gasteiger partial charge is 0.376 e. The third-order valence-corrected chi connectivity index (χ3v) is 2.68. The molecular formula is C11H16N4O2. The Bertz CT molecular complexity index is 391. The normalized spacial score (nSPS) is 19.0. The van der Waals surface area contributed by atoms with Crippen LogP contribution in [0.5, 0.6) is 0 Å². The molecule has 17 heavy (non-hydrogen) atoms. The highest BCUT2D eigenvalue weighted by molar-refractivity contribution is 5.94. The molecule has 1 aliphatic heterocycles. The average Bonchev–Trinajstić information content (AvgIpc) is 2.89. The van der Waals surface area contributed by atoms with Gasteiger partial charge in [0.05, 0.1) is 6.10 Å². The lowest BCUT2D eigenvalue weighted by molar-refractivity contribution is 0.0857. The highest BCUT2D eigenvalue weighted by Crippen LogP contribution is 2.11. The Kier molecular flexibility index (Phi) is 3.89. The van der Waals surface area contributed by atoms with Gasteiger partial charge in [0.2, 0.25) is 0 Å². The monoisotopic (exact) mass is 236 g/mol. The van der Waals surface area contributed by atoms with E-state index in [2.05, 4.69) is 15.7 Å². The molecule has 0 radical (unpaired) electrons. The topological polar surface area (TPSA) is 89.3 Å². The molecule has 1 amide bonds. The number of aromatic nitrogens is 1. The first kappa shape index (κ1) is 11.8. The number of nitrogens with zero attached hydrogens (tertiary/aromatic N) is 1. The van der Waals surface area contributed by atoms with E-state index in [0.717, 1.165) is 19.4 Å². The number of hydrazine groups is 1. The van der Waals surface area contributed by atoms with Crippen molar-refractivity contribution < 1.29 is 9.53 Å². The van der Waals surface area contributed by atoms with E-state index in [1.807, 2.05) is 0 Å². The lowest BCUT2D eigenvalue weighted by Crippen LogP contribution is -2.31. The SMILES string of the molecule is NNc1cc(C(=O)NCC2CCCO2)ccn1. The van der Waals surface area contributed by atoms with Gasteiger partial charge in [0, 0.05) is 24.9 Å². The van der Waals surface area contributed by atoms with Crippen molar-refractivity contribution in [3.8, 4) is 0 Å². The van der Waals surface area contributed by atoms with Gasteiger partial charge in [-0.3, -0.25) is 4.79 Å². The molecule has 0 spiro atoms. The van der Waals surface area contributed by atoms with Crippen LogP contribution in [-0.2, 0) is 4.74 Å². The van der Waals surface area contributed by atoms with Crippen molar-refractivity contribution in [2.75, 3.05) is 18.6 Å². The van der Waals surface area contributed by atoms with E-state index in [9.17, 15) is 4.79 Å². The number of carbonyl (C=O) groups excluding carboxylic acids is 1. The molecule has 6 heteroatoms. The van der Waals surface area contributed by atoms with Crippen LogP contribution in [0.4, 0.5) is 5.82 Å². The minimum Gasteiger partial charge on any atom is -0.376 e. The zero-order valence-electron chi connectivity index (χ0n) is 9.48. The van der Waals surface area contributed by atoms with E-state index < -0.39 is 0 Å². The Morgan fingerprint density at radius 3 is 3.24 bits per heavy atom. The van der Waals surface area contributed by atoms with Crippen molar-refractivity contribution in [3.63, 3.8) is 0 Å². The molecule has 2 heterocycles. The number of hydrogen-bond donors (Lipinski definition) is 3. The zero-order chi connectivity index (χ0) is 12.1. The molecule has 1 atom stereocenters. The quantitative estimate of drug-likeness (QED) is 0.516. The van der Waals surface area contributed by atoms with Crippen LogP contribution in [0.1, 0.15) is 23.2 Å². The summed E-state index contributed by atoms with van der Waals surface area (Å²) in [4.78, 5) is 15.7. The summed E-state index contributed by atoms with van der Waals surface area (Å²) in [5, 5.41) is 2.83. The van der Waals surface area contributed by atoms with Gasteiger partial charge >= 0.3 is 0 Å². The average molecular weight is 236 g/mol. The predicted octanol–water partition coefficient (Wildman–Crippen LogP) is 0.276. The second-order valence-corrected chi connectivity index (χ2v) is 3.92. The Morgan fingerprint density at radius 1 is 1.65 bits per heavy atom. The third kappa shape index (κ3) is 3.15. The van der Waals surface area contributed by atoms with Crippen LogP contribution in [0.25, 0.3) is 0 Å². The summed E-state index contributed by atoms with van der Waals surface area (Å²) in [5.41, 5.74) is 2.94. The summed E-state index contributed by atoms with van der Waals surface area (Å²) in [6.07, 6.45) is 3.76. The highest BCUT2D eigenvalue weighted by atomic mass is 16.5. The molecule has 92 valence electrons. The molecule has 1 aliphatic rings. The molecule has 0 aromatic carbocycles. The number of rotatable bonds is 4. The summed E-state index contributed by atoms with van der Waals surface area (Å²) in [7, 11) is 0. The second kappa shape index (κ2) is 5.60. The molecule has 4 N–H and O–H groups in total. The summed E-state index contributed by atoms with van der Waals surface area (Å²) in [6.45, 7) is 1.34. The maximum Gasteiger partial charge on any atom is 0.251 e. The first-order valence-corrected chi connectivity index (χ1v) is 5.62. The van der Waals surface area contributed by atoms with Crippen molar-refractivity contribution in [2.45, 2.75) is 18.9 Å². The summed E-state index contributed by atoms with van der Waals surface area (Å²) >= 11 is 0. The maximum atomic E-state index is 11.8. The molecule has 1 saturated heterocycles. The molecule has 1 aromatic rings. The van der Waals surface area contributed by atoms with E-state index >= 15 is 0 Å². The van der Waals surface area contributed by atoms with Gasteiger partial charge in [-0.15, -0.1) is 0 Å². The van der Waals surface area contributed by atoms with Crippen molar-refractivity contribution in [1.82, 2.24) is 10.3 Å². The van der Waals surface area contributed by atoms with Gasteiger partial charge in [-0.2, -0.15) is 0 Å². The van der Waals surface area contributed by atoms with Gasteiger partial charge in [0.15, 0.2) is 0 Å². The second-order valence-electron chi connectivity index (χ2n) is 3.92. The van der Waals surface area contributed by atoms with E-state index in [1.54, 1.807) is 12.1 Å². The number of nitrogens with one attached hydrogen (secondary N) is 2. The number of nitrogens with two attached hydrogens (primary N) is 1. The first-order valence-electron chi connectivity index (χ1n) is 5.62. The number of nitrogen functional groups attached to an aromatic ring is 1. The Hall–Kier alpha value is -1.66. The van der Waals surface area contributed by atoms with E-state index in [-0.39, 0.29) is 12.0 Å². The Morgan fingerprint density at radius 2 is 2.53 bits per heavy atom. The summed E-state index contributed by atoms with van der Waals surface area (Å²) < 4.78 is 5.42. The molecule has 0 aliphatic carbocycles. The van der Waals surface area contributed by atoms with Crippen molar-refractivity contribution in [2.24, 2.45) is 5.84 Å². The molecule has 6 nitrogen and oxygen atoms in total. The molecule has 0 bridgehead atoms. The number of amides is 1. The first-order chi connectivity index (χ1) is 8.29. The van der Waals surface area contributed by atoms with Crippen LogP contribution >= 0.6 is 0 Å². The number of pyridine rings is 1. The minimum absolute atomic E-state index is 0.139. The molecular weight excluding hydrogens is 220 g/mol. The van der Waals surface area contributed by atoms with Gasteiger partial charge in [0.1, 0.15) is 5.82 Å². The number of anilines is 1. The van der Waals surface area contributed by atoms with E-state index in [1.165, 1.54) is 6.20 Å². The van der Waals surface area contributed by atoms with Crippen LogP contribution in [0.3, 0.4) is 0 Å². The van der Waals surface area contributed by atoms with E-state index in [4.69, 9.17) is 10.6 Å². The highest BCUT2D eigenvalue weighted by Gasteiger charge is 2.16. The Balaban J connectivity index is 1.89. The fraction of sp³-hybridized carbons (Fsp3) is 0.455. The molecule has 1 unspecified atom stereocenters. The maximum absolute atomic E-state index is 11.8. The van der Waals surface area contributed by atoms with Gasteiger partial charge in [-0.25, -0.2) is 10.8 Å². The van der Waals surface area contributed by atoms with Crippen molar-refractivity contribution in [1.29, 1.82) is 0 Å².